The second kappa shape index (κ2) is 8.09. The number of rotatable bonds is 5. The lowest BCUT2D eigenvalue weighted by molar-refractivity contribution is 0.102. The topological polar surface area (TPSA) is 63.7 Å². The van der Waals surface area contributed by atoms with E-state index in [4.69, 9.17) is 14.5 Å². The molecule has 0 atom stereocenters. The molecule has 1 aliphatic heterocycles. The number of ether oxygens (including phenoxy) is 2. The number of anilines is 1. The summed E-state index contributed by atoms with van der Waals surface area (Å²) in [4.78, 5) is 20.7. The van der Waals surface area contributed by atoms with E-state index in [0.717, 1.165) is 48.2 Å². The molecule has 0 bridgehead atoms. The molecule has 150 valence electrons. The van der Waals surface area contributed by atoms with E-state index in [1.165, 1.54) is 0 Å². The molecule has 1 N–H and O–H groups in total. The molecular formula is C23H25N3O3. The highest BCUT2D eigenvalue weighted by atomic mass is 16.5. The normalized spacial score (nSPS) is 13.8. The summed E-state index contributed by atoms with van der Waals surface area (Å²) in [5, 5.41) is 3.90. The molecule has 29 heavy (non-hydrogen) atoms. The lowest BCUT2D eigenvalue weighted by Gasteiger charge is -2.29. The van der Waals surface area contributed by atoms with Crippen LogP contribution in [0.15, 0.2) is 42.5 Å². The van der Waals surface area contributed by atoms with E-state index in [9.17, 15) is 4.79 Å². The first kappa shape index (κ1) is 19.2. The number of carbonyl (C=O) groups is 1. The fourth-order valence-electron chi connectivity index (χ4n) is 3.87. The summed E-state index contributed by atoms with van der Waals surface area (Å²) in [6.07, 6.45) is 0.844. The zero-order valence-corrected chi connectivity index (χ0v) is 17.0. The van der Waals surface area contributed by atoms with E-state index in [1.807, 2.05) is 24.3 Å². The van der Waals surface area contributed by atoms with Crippen LogP contribution in [0.4, 0.5) is 5.69 Å². The van der Waals surface area contributed by atoms with Crippen molar-refractivity contribution >= 4 is 22.5 Å². The van der Waals surface area contributed by atoms with Gasteiger partial charge in [0.2, 0.25) is 0 Å². The van der Waals surface area contributed by atoms with Crippen LogP contribution in [0.1, 0.15) is 28.5 Å². The van der Waals surface area contributed by atoms with Crippen LogP contribution in [-0.4, -0.2) is 43.1 Å². The number of benzene rings is 2. The van der Waals surface area contributed by atoms with E-state index < -0.39 is 0 Å². The van der Waals surface area contributed by atoms with Gasteiger partial charge in [0.05, 0.1) is 31.0 Å². The minimum Gasteiger partial charge on any atom is -0.497 e. The van der Waals surface area contributed by atoms with Crippen LogP contribution in [0.5, 0.6) is 11.5 Å². The van der Waals surface area contributed by atoms with Crippen LogP contribution in [0.2, 0.25) is 0 Å². The molecule has 1 aromatic heterocycles. The summed E-state index contributed by atoms with van der Waals surface area (Å²) in [6, 6.07) is 13.2. The molecule has 0 unspecified atom stereocenters. The van der Waals surface area contributed by atoms with Gasteiger partial charge in [-0.05, 0) is 24.7 Å². The maximum Gasteiger partial charge on any atom is 0.256 e. The van der Waals surface area contributed by atoms with Gasteiger partial charge in [-0.3, -0.25) is 14.7 Å². The zero-order valence-electron chi connectivity index (χ0n) is 17.0. The van der Waals surface area contributed by atoms with Gasteiger partial charge in [-0.1, -0.05) is 25.1 Å². The van der Waals surface area contributed by atoms with Crippen molar-refractivity contribution in [1.29, 1.82) is 0 Å². The van der Waals surface area contributed by atoms with Crippen molar-refractivity contribution in [2.45, 2.75) is 19.9 Å². The fraction of sp³-hybridized carbons (Fsp3) is 0.304. The Bertz CT molecular complexity index is 1060. The Labute approximate surface area is 170 Å². The van der Waals surface area contributed by atoms with Gasteiger partial charge in [-0.15, -0.1) is 0 Å². The second-order valence-electron chi connectivity index (χ2n) is 7.07. The highest BCUT2D eigenvalue weighted by Crippen LogP contribution is 2.32. The molecule has 2 aromatic carbocycles. The number of carbonyl (C=O) groups excluding carboxylic acids is 1. The number of likely N-dealkylation sites (N-methyl/N-ethyl adjacent to an activating group) is 1. The molecule has 1 aliphatic rings. The number of amides is 1. The maximum absolute atomic E-state index is 13.5. The van der Waals surface area contributed by atoms with Crippen molar-refractivity contribution in [3.8, 4) is 11.5 Å². The number of nitrogens with one attached hydrogen (secondary N) is 1. The predicted molar refractivity (Wildman–Crippen MR) is 114 cm³/mol. The first-order valence-corrected chi connectivity index (χ1v) is 9.80. The molecule has 0 aliphatic carbocycles. The third kappa shape index (κ3) is 3.63. The standard InChI is InChI=1S/C23H25N3O3/c1-4-26-12-11-19-17(14-26)22(16-7-5-6-8-18(16)24-19)23(27)25-20-13-15(28-2)9-10-21(20)29-3/h5-10,13H,4,11-12,14H2,1-3H3,(H,25,27). The van der Waals surface area contributed by atoms with Gasteiger partial charge in [0.25, 0.3) is 5.91 Å². The van der Waals surface area contributed by atoms with E-state index in [2.05, 4.69) is 17.1 Å². The number of hydrogen-bond donors (Lipinski definition) is 1. The second-order valence-corrected chi connectivity index (χ2v) is 7.07. The van der Waals surface area contributed by atoms with E-state index in [-0.39, 0.29) is 5.91 Å². The fourth-order valence-corrected chi connectivity index (χ4v) is 3.87. The summed E-state index contributed by atoms with van der Waals surface area (Å²) < 4.78 is 10.7. The van der Waals surface area contributed by atoms with Crippen LogP contribution >= 0.6 is 0 Å². The Morgan fingerprint density at radius 2 is 2.00 bits per heavy atom. The first-order chi connectivity index (χ1) is 14.1. The number of methoxy groups -OCH3 is 2. The van der Waals surface area contributed by atoms with Crippen molar-refractivity contribution in [3.63, 3.8) is 0 Å². The zero-order chi connectivity index (χ0) is 20.4. The lowest BCUT2D eigenvalue weighted by atomic mass is 9.95. The van der Waals surface area contributed by atoms with Crippen molar-refractivity contribution < 1.29 is 14.3 Å². The van der Waals surface area contributed by atoms with Gasteiger partial charge >= 0.3 is 0 Å². The van der Waals surface area contributed by atoms with Crippen molar-refractivity contribution in [2.24, 2.45) is 0 Å². The minimum atomic E-state index is -0.163. The van der Waals surface area contributed by atoms with Gasteiger partial charge in [0.1, 0.15) is 11.5 Å². The minimum absolute atomic E-state index is 0.163. The molecule has 6 heteroatoms. The Morgan fingerprint density at radius 3 is 2.76 bits per heavy atom. The van der Waals surface area contributed by atoms with Crippen molar-refractivity contribution in [2.75, 3.05) is 32.6 Å². The third-order valence-corrected chi connectivity index (χ3v) is 5.45. The summed E-state index contributed by atoms with van der Waals surface area (Å²) in [5.41, 5.74) is 4.13. The quantitative estimate of drug-likeness (QED) is 0.715. The van der Waals surface area contributed by atoms with E-state index in [0.29, 0.717) is 22.7 Å². The van der Waals surface area contributed by atoms with Gasteiger partial charge in [-0.25, -0.2) is 0 Å². The predicted octanol–water partition coefficient (Wildman–Crippen LogP) is 3.88. The number of aromatic nitrogens is 1. The molecule has 0 radical (unpaired) electrons. The summed E-state index contributed by atoms with van der Waals surface area (Å²) in [7, 11) is 3.18. The Hall–Kier alpha value is -3.12. The van der Waals surface area contributed by atoms with Crippen LogP contribution in [0.25, 0.3) is 10.9 Å². The van der Waals surface area contributed by atoms with Gasteiger partial charge in [0, 0.05) is 42.2 Å². The Balaban J connectivity index is 1.82. The highest BCUT2D eigenvalue weighted by Gasteiger charge is 2.25. The number of pyridine rings is 1. The molecule has 0 spiro atoms. The monoisotopic (exact) mass is 391 g/mol. The molecule has 6 nitrogen and oxygen atoms in total. The first-order valence-electron chi connectivity index (χ1n) is 9.80. The summed E-state index contributed by atoms with van der Waals surface area (Å²) >= 11 is 0. The molecular weight excluding hydrogens is 366 g/mol. The Kier molecular flexibility index (Phi) is 5.36. The number of nitrogens with zero attached hydrogens (tertiary/aromatic N) is 2. The van der Waals surface area contributed by atoms with Crippen LogP contribution in [-0.2, 0) is 13.0 Å². The van der Waals surface area contributed by atoms with Crippen LogP contribution < -0.4 is 14.8 Å². The van der Waals surface area contributed by atoms with E-state index >= 15 is 0 Å². The molecule has 2 heterocycles. The average Bonchev–Trinajstić information content (AvgIpc) is 2.76. The Morgan fingerprint density at radius 1 is 1.17 bits per heavy atom. The van der Waals surface area contributed by atoms with E-state index in [1.54, 1.807) is 32.4 Å². The highest BCUT2D eigenvalue weighted by molar-refractivity contribution is 6.14. The summed E-state index contributed by atoms with van der Waals surface area (Å²) in [6.45, 7) is 4.76. The molecule has 1 amide bonds. The summed E-state index contributed by atoms with van der Waals surface area (Å²) in [5.74, 6) is 1.07. The SMILES string of the molecule is CCN1CCc2nc3ccccc3c(C(=O)Nc3cc(OC)ccc3OC)c2C1. The number of hydrogen-bond acceptors (Lipinski definition) is 5. The van der Waals surface area contributed by atoms with Crippen LogP contribution in [0, 0.1) is 0 Å². The third-order valence-electron chi connectivity index (χ3n) is 5.45. The number of fused-ring (bicyclic) bond motifs is 2. The maximum atomic E-state index is 13.5. The smallest absolute Gasteiger partial charge is 0.256 e. The van der Waals surface area contributed by atoms with Gasteiger partial charge in [-0.2, -0.15) is 0 Å². The van der Waals surface area contributed by atoms with Crippen LogP contribution in [0.3, 0.4) is 0 Å². The van der Waals surface area contributed by atoms with Crippen molar-refractivity contribution in [1.82, 2.24) is 9.88 Å². The van der Waals surface area contributed by atoms with Gasteiger partial charge < -0.3 is 14.8 Å². The molecule has 0 fully saturated rings. The van der Waals surface area contributed by atoms with Gasteiger partial charge in [0.15, 0.2) is 0 Å². The van der Waals surface area contributed by atoms with Crippen molar-refractivity contribution in [3.05, 3.63) is 59.3 Å². The molecule has 4 rings (SSSR count). The lowest BCUT2D eigenvalue weighted by Crippen LogP contribution is -2.33. The average molecular weight is 391 g/mol. The molecule has 3 aromatic rings. The number of para-hydroxylation sites is 1. The molecule has 0 saturated heterocycles. The molecule has 0 saturated carbocycles. The largest absolute Gasteiger partial charge is 0.497 e.